The standard InChI is InChI=1S/C17H26N4O3/c1-11-10-13(19(3)4)18-15-14(11)16(23)21(17(24)20(15)5)9-7-6-8-12(2)22/h10,12,22H,6-9H2,1-5H3/t12-/m1/s1. The summed E-state index contributed by atoms with van der Waals surface area (Å²) >= 11 is 0. The molecular weight excluding hydrogens is 308 g/mol. The Hall–Kier alpha value is -2.15. The lowest BCUT2D eigenvalue weighted by atomic mass is 10.1. The van der Waals surface area contributed by atoms with Gasteiger partial charge in [0.25, 0.3) is 5.56 Å². The highest BCUT2D eigenvalue weighted by atomic mass is 16.3. The minimum absolute atomic E-state index is 0.291. The number of unbranched alkanes of at least 4 members (excludes halogenated alkanes) is 1. The molecule has 2 aromatic heterocycles. The number of aromatic nitrogens is 3. The zero-order valence-electron chi connectivity index (χ0n) is 15.0. The number of aryl methyl sites for hydroxylation is 2. The predicted octanol–water partition coefficient (Wildman–Crippen LogP) is 1.02. The van der Waals surface area contributed by atoms with E-state index in [-0.39, 0.29) is 17.4 Å². The summed E-state index contributed by atoms with van der Waals surface area (Å²) in [6.07, 6.45) is 1.74. The Labute approximate surface area is 141 Å². The fourth-order valence-electron chi connectivity index (χ4n) is 2.78. The van der Waals surface area contributed by atoms with E-state index in [1.54, 1.807) is 14.0 Å². The minimum atomic E-state index is -0.364. The SMILES string of the molecule is Cc1cc(N(C)C)nc2c1c(=O)n(CCCC[C@@H](C)O)c(=O)n2C. The maximum Gasteiger partial charge on any atom is 0.332 e. The smallest absolute Gasteiger partial charge is 0.332 e. The van der Waals surface area contributed by atoms with Crippen molar-refractivity contribution in [3.63, 3.8) is 0 Å². The molecule has 0 saturated heterocycles. The third kappa shape index (κ3) is 3.51. The Kier molecular flexibility index (Phi) is 5.43. The van der Waals surface area contributed by atoms with Gasteiger partial charge in [0, 0.05) is 27.7 Å². The van der Waals surface area contributed by atoms with Crippen molar-refractivity contribution >= 4 is 16.9 Å². The van der Waals surface area contributed by atoms with Gasteiger partial charge in [-0.1, -0.05) is 0 Å². The maximum absolute atomic E-state index is 12.8. The summed E-state index contributed by atoms with van der Waals surface area (Å²) in [7, 11) is 5.38. The molecule has 0 aliphatic carbocycles. The molecule has 7 nitrogen and oxygen atoms in total. The van der Waals surface area contributed by atoms with E-state index in [9.17, 15) is 14.7 Å². The van der Waals surface area contributed by atoms with Crippen molar-refractivity contribution in [2.24, 2.45) is 7.05 Å². The Morgan fingerprint density at radius 1 is 1.29 bits per heavy atom. The molecule has 0 spiro atoms. The molecule has 0 aliphatic heterocycles. The molecule has 0 amide bonds. The highest BCUT2D eigenvalue weighted by molar-refractivity contribution is 5.80. The third-order valence-electron chi connectivity index (χ3n) is 4.19. The summed E-state index contributed by atoms with van der Waals surface area (Å²) in [5, 5.41) is 9.79. The molecule has 0 radical (unpaired) electrons. The average molecular weight is 334 g/mol. The van der Waals surface area contributed by atoms with Crippen LogP contribution in [0.15, 0.2) is 15.7 Å². The summed E-state index contributed by atoms with van der Waals surface area (Å²) in [5.41, 5.74) is 0.573. The number of hydrogen-bond acceptors (Lipinski definition) is 5. The molecule has 132 valence electrons. The molecule has 0 fully saturated rings. The molecule has 0 aliphatic rings. The Bertz CT molecular complexity index is 850. The van der Waals surface area contributed by atoms with Gasteiger partial charge in [-0.3, -0.25) is 13.9 Å². The first-order valence-corrected chi connectivity index (χ1v) is 8.20. The second-order valence-corrected chi connectivity index (χ2v) is 6.53. The van der Waals surface area contributed by atoms with Crippen LogP contribution < -0.4 is 16.1 Å². The van der Waals surface area contributed by atoms with Crippen LogP contribution in [0.2, 0.25) is 0 Å². The van der Waals surface area contributed by atoms with Crippen LogP contribution >= 0.6 is 0 Å². The summed E-state index contributed by atoms with van der Waals surface area (Å²) in [6, 6.07) is 1.85. The molecule has 0 bridgehead atoms. The van der Waals surface area contributed by atoms with Gasteiger partial charge in [0.05, 0.1) is 11.5 Å². The predicted molar refractivity (Wildman–Crippen MR) is 95.8 cm³/mol. The number of anilines is 1. The van der Waals surface area contributed by atoms with Crippen LogP contribution in [0.1, 0.15) is 31.7 Å². The third-order valence-corrected chi connectivity index (χ3v) is 4.19. The first-order valence-electron chi connectivity index (χ1n) is 8.20. The van der Waals surface area contributed by atoms with Crippen molar-refractivity contribution in [2.75, 3.05) is 19.0 Å². The number of aliphatic hydroxyl groups excluding tert-OH is 1. The topological polar surface area (TPSA) is 80.4 Å². The number of pyridine rings is 1. The van der Waals surface area contributed by atoms with Gasteiger partial charge in [0.15, 0.2) is 5.65 Å². The first-order chi connectivity index (χ1) is 11.2. The van der Waals surface area contributed by atoms with Crippen molar-refractivity contribution in [1.82, 2.24) is 14.1 Å². The molecule has 7 heteroatoms. The van der Waals surface area contributed by atoms with E-state index in [0.29, 0.717) is 36.2 Å². The van der Waals surface area contributed by atoms with Crippen LogP contribution in [0.4, 0.5) is 5.82 Å². The van der Waals surface area contributed by atoms with Crippen LogP contribution in [0.25, 0.3) is 11.0 Å². The molecule has 2 heterocycles. The van der Waals surface area contributed by atoms with Crippen LogP contribution in [-0.4, -0.2) is 39.4 Å². The Morgan fingerprint density at radius 2 is 1.96 bits per heavy atom. The Morgan fingerprint density at radius 3 is 2.54 bits per heavy atom. The number of fused-ring (bicyclic) bond motifs is 1. The first kappa shape index (κ1) is 18.2. The van der Waals surface area contributed by atoms with Gasteiger partial charge >= 0.3 is 5.69 Å². The number of nitrogens with zero attached hydrogens (tertiary/aromatic N) is 4. The lowest BCUT2D eigenvalue weighted by Gasteiger charge is -2.16. The summed E-state index contributed by atoms with van der Waals surface area (Å²) < 4.78 is 2.71. The molecule has 24 heavy (non-hydrogen) atoms. The lowest BCUT2D eigenvalue weighted by Crippen LogP contribution is -2.40. The van der Waals surface area contributed by atoms with Gasteiger partial charge in [0.2, 0.25) is 0 Å². The Balaban J connectivity index is 2.52. The van der Waals surface area contributed by atoms with Crippen molar-refractivity contribution in [1.29, 1.82) is 0 Å². The quantitative estimate of drug-likeness (QED) is 0.798. The van der Waals surface area contributed by atoms with Crippen molar-refractivity contribution in [3.8, 4) is 0 Å². The van der Waals surface area contributed by atoms with Crippen LogP contribution in [0.5, 0.6) is 0 Å². The van der Waals surface area contributed by atoms with Gasteiger partial charge in [-0.2, -0.15) is 0 Å². The van der Waals surface area contributed by atoms with Crippen LogP contribution in [-0.2, 0) is 13.6 Å². The minimum Gasteiger partial charge on any atom is -0.393 e. The molecule has 0 unspecified atom stereocenters. The maximum atomic E-state index is 12.8. The highest BCUT2D eigenvalue weighted by Gasteiger charge is 2.15. The zero-order chi connectivity index (χ0) is 18.0. The summed E-state index contributed by atoms with van der Waals surface area (Å²) in [4.78, 5) is 31.6. The monoisotopic (exact) mass is 334 g/mol. The second-order valence-electron chi connectivity index (χ2n) is 6.53. The van der Waals surface area contributed by atoms with Gasteiger partial charge in [-0.15, -0.1) is 0 Å². The van der Waals surface area contributed by atoms with Crippen LogP contribution in [0, 0.1) is 6.92 Å². The van der Waals surface area contributed by atoms with E-state index in [1.165, 1.54) is 9.13 Å². The highest BCUT2D eigenvalue weighted by Crippen LogP contribution is 2.17. The molecule has 2 rings (SSSR count). The second kappa shape index (κ2) is 7.17. The van der Waals surface area contributed by atoms with Crippen LogP contribution in [0.3, 0.4) is 0 Å². The molecule has 0 saturated carbocycles. The van der Waals surface area contributed by atoms with E-state index in [2.05, 4.69) is 4.98 Å². The fourth-order valence-corrected chi connectivity index (χ4v) is 2.78. The zero-order valence-corrected chi connectivity index (χ0v) is 15.0. The molecule has 1 N–H and O–H groups in total. The normalized spacial score (nSPS) is 12.6. The van der Waals surface area contributed by atoms with E-state index in [1.807, 2.05) is 32.0 Å². The summed E-state index contributed by atoms with van der Waals surface area (Å²) in [5.74, 6) is 0.712. The number of rotatable bonds is 6. The molecule has 2 aromatic rings. The van der Waals surface area contributed by atoms with Gasteiger partial charge in [0.1, 0.15) is 5.82 Å². The van der Waals surface area contributed by atoms with Crippen molar-refractivity contribution < 1.29 is 5.11 Å². The van der Waals surface area contributed by atoms with E-state index in [4.69, 9.17) is 0 Å². The number of aliphatic hydroxyl groups is 1. The van der Waals surface area contributed by atoms with Crippen molar-refractivity contribution in [3.05, 3.63) is 32.5 Å². The fraction of sp³-hybridized carbons (Fsp3) is 0.588. The number of hydrogen-bond donors (Lipinski definition) is 1. The van der Waals surface area contributed by atoms with Crippen molar-refractivity contribution in [2.45, 2.75) is 45.8 Å². The van der Waals surface area contributed by atoms with E-state index in [0.717, 1.165) is 12.0 Å². The van der Waals surface area contributed by atoms with Gasteiger partial charge < -0.3 is 10.0 Å². The average Bonchev–Trinajstić information content (AvgIpc) is 2.50. The van der Waals surface area contributed by atoms with Gasteiger partial charge in [-0.05, 0) is 44.7 Å². The van der Waals surface area contributed by atoms with E-state index >= 15 is 0 Å². The summed E-state index contributed by atoms with van der Waals surface area (Å²) in [6.45, 7) is 3.95. The molecule has 1 atom stereocenters. The molecular formula is C17H26N4O3. The molecule has 0 aromatic carbocycles. The van der Waals surface area contributed by atoms with E-state index < -0.39 is 0 Å². The largest absolute Gasteiger partial charge is 0.393 e. The van der Waals surface area contributed by atoms with Gasteiger partial charge in [-0.25, -0.2) is 9.78 Å². The lowest BCUT2D eigenvalue weighted by molar-refractivity contribution is 0.180.